The lowest BCUT2D eigenvalue weighted by molar-refractivity contribution is -0.122. The van der Waals surface area contributed by atoms with E-state index in [2.05, 4.69) is 10.2 Å². The molecular formula is C27H37FN2O5. The van der Waals surface area contributed by atoms with Crippen molar-refractivity contribution < 1.29 is 28.5 Å². The van der Waals surface area contributed by atoms with E-state index in [1.807, 2.05) is 48.5 Å². The molecule has 35 heavy (non-hydrogen) atoms. The third kappa shape index (κ3) is 9.74. The molecule has 0 saturated carbocycles. The molecule has 1 saturated heterocycles. The van der Waals surface area contributed by atoms with E-state index in [1.165, 1.54) is 0 Å². The van der Waals surface area contributed by atoms with Crippen molar-refractivity contribution in [2.45, 2.75) is 44.2 Å². The molecule has 192 valence electrons. The fourth-order valence-electron chi connectivity index (χ4n) is 4.08. The number of carbonyl (C=O) groups excluding carboxylic acids is 1. The maximum absolute atomic E-state index is 12.7. The fourth-order valence-corrected chi connectivity index (χ4v) is 4.08. The summed E-state index contributed by atoms with van der Waals surface area (Å²) in [5, 5.41) is 13.0. The number of benzene rings is 2. The zero-order valence-electron chi connectivity index (χ0n) is 20.5. The second kappa shape index (κ2) is 14.5. The van der Waals surface area contributed by atoms with E-state index < -0.39 is 0 Å². The van der Waals surface area contributed by atoms with Crippen LogP contribution in [0.15, 0.2) is 48.5 Å². The molecule has 1 amide bonds. The van der Waals surface area contributed by atoms with Crippen LogP contribution in [0.1, 0.15) is 31.2 Å². The monoisotopic (exact) mass is 488 g/mol. The van der Waals surface area contributed by atoms with E-state index in [1.54, 1.807) is 7.11 Å². The minimum atomic E-state index is -0.322. The van der Waals surface area contributed by atoms with Gasteiger partial charge in [-0.2, -0.15) is 0 Å². The lowest BCUT2D eigenvalue weighted by Crippen LogP contribution is -2.45. The van der Waals surface area contributed by atoms with E-state index >= 15 is 0 Å². The summed E-state index contributed by atoms with van der Waals surface area (Å²) in [5.74, 6) is 2.12. The molecule has 0 aromatic heterocycles. The number of carbonyl (C=O) groups is 1. The summed E-state index contributed by atoms with van der Waals surface area (Å²) in [4.78, 5) is 14.9. The lowest BCUT2D eigenvalue weighted by Gasteiger charge is -2.25. The molecule has 0 spiro atoms. The SMILES string of the molecule is COc1ccc(OCCC(=O)N[C@@H](Cc2ccc(OCCCCF)cc2)CN2CC[C@@H](O)C2)cc1. The number of aliphatic hydroxyl groups is 1. The molecule has 2 N–H and O–H groups in total. The van der Waals surface area contributed by atoms with Gasteiger partial charge in [0.25, 0.3) is 0 Å². The number of hydrogen-bond acceptors (Lipinski definition) is 6. The van der Waals surface area contributed by atoms with Gasteiger partial charge in [-0.05, 0) is 67.6 Å². The van der Waals surface area contributed by atoms with Crippen molar-refractivity contribution in [1.82, 2.24) is 10.2 Å². The van der Waals surface area contributed by atoms with E-state index in [4.69, 9.17) is 14.2 Å². The first-order valence-corrected chi connectivity index (χ1v) is 12.3. The van der Waals surface area contributed by atoms with Crippen LogP contribution in [-0.2, 0) is 11.2 Å². The number of alkyl halides is 1. The van der Waals surface area contributed by atoms with Crippen LogP contribution in [0.25, 0.3) is 0 Å². The Kier molecular flexibility index (Phi) is 11.1. The summed E-state index contributed by atoms with van der Waals surface area (Å²) in [7, 11) is 1.61. The third-order valence-electron chi connectivity index (χ3n) is 5.95. The molecule has 0 bridgehead atoms. The molecule has 2 atom stereocenters. The summed E-state index contributed by atoms with van der Waals surface area (Å²) < 4.78 is 28.7. The molecular weight excluding hydrogens is 451 g/mol. The van der Waals surface area contributed by atoms with Gasteiger partial charge in [0.1, 0.15) is 17.2 Å². The predicted molar refractivity (Wildman–Crippen MR) is 133 cm³/mol. The molecule has 1 aliphatic rings. The van der Waals surface area contributed by atoms with Gasteiger partial charge in [-0.15, -0.1) is 0 Å². The van der Waals surface area contributed by atoms with Crippen LogP contribution in [0.3, 0.4) is 0 Å². The summed E-state index contributed by atoms with van der Waals surface area (Å²) in [6.07, 6.45) is 2.56. The molecule has 1 fully saturated rings. The van der Waals surface area contributed by atoms with Crippen molar-refractivity contribution in [2.75, 3.05) is 46.6 Å². The third-order valence-corrected chi connectivity index (χ3v) is 5.95. The molecule has 0 unspecified atom stereocenters. The van der Waals surface area contributed by atoms with Gasteiger partial charge in [0, 0.05) is 25.7 Å². The van der Waals surface area contributed by atoms with Crippen LogP contribution < -0.4 is 19.5 Å². The topological polar surface area (TPSA) is 80.3 Å². The zero-order valence-corrected chi connectivity index (χ0v) is 20.5. The number of nitrogens with zero attached hydrogens (tertiary/aromatic N) is 1. The van der Waals surface area contributed by atoms with Crippen LogP contribution in [0.5, 0.6) is 17.2 Å². The molecule has 1 aliphatic heterocycles. The Hall–Kier alpha value is -2.84. The number of aliphatic hydroxyl groups excluding tert-OH is 1. The van der Waals surface area contributed by atoms with Gasteiger partial charge in [0.2, 0.25) is 5.91 Å². The lowest BCUT2D eigenvalue weighted by atomic mass is 10.0. The van der Waals surface area contributed by atoms with Gasteiger partial charge in [-0.25, -0.2) is 0 Å². The number of ether oxygens (including phenoxy) is 3. The molecule has 8 heteroatoms. The summed E-state index contributed by atoms with van der Waals surface area (Å²) in [6, 6.07) is 15.0. The molecule has 0 radical (unpaired) electrons. The average molecular weight is 489 g/mol. The number of methoxy groups -OCH3 is 1. The van der Waals surface area contributed by atoms with Crippen molar-refractivity contribution in [3.05, 3.63) is 54.1 Å². The first kappa shape index (κ1) is 26.8. The van der Waals surface area contributed by atoms with Crippen molar-refractivity contribution in [3.8, 4) is 17.2 Å². The van der Waals surface area contributed by atoms with Gasteiger partial charge >= 0.3 is 0 Å². The number of halogens is 1. The van der Waals surface area contributed by atoms with Gasteiger partial charge in [-0.3, -0.25) is 14.1 Å². The highest BCUT2D eigenvalue weighted by Gasteiger charge is 2.24. The van der Waals surface area contributed by atoms with Crippen LogP contribution in [0.2, 0.25) is 0 Å². The van der Waals surface area contributed by atoms with Crippen LogP contribution in [0.4, 0.5) is 4.39 Å². The molecule has 7 nitrogen and oxygen atoms in total. The van der Waals surface area contributed by atoms with Crippen LogP contribution in [-0.4, -0.2) is 74.7 Å². The van der Waals surface area contributed by atoms with Crippen molar-refractivity contribution in [1.29, 1.82) is 0 Å². The van der Waals surface area contributed by atoms with Crippen molar-refractivity contribution in [2.24, 2.45) is 0 Å². The van der Waals surface area contributed by atoms with E-state index in [0.29, 0.717) is 44.7 Å². The van der Waals surface area contributed by atoms with Gasteiger partial charge in [0.05, 0.1) is 39.5 Å². The summed E-state index contributed by atoms with van der Waals surface area (Å²) in [5.41, 5.74) is 1.08. The van der Waals surface area contributed by atoms with Crippen LogP contribution >= 0.6 is 0 Å². The van der Waals surface area contributed by atoms with Gasteiger partial charge in [-0.1, -0.05) is 12.1 Å². The predicted octanol–water partition coefficient (Wildman–Crippen LogP) is 3.39. The normalized spacial score (nSPS) is 16.6. The van der Waals surface area contributed by atoms with Gasteiger partial charge < -0.3 is 24.6 Å². The quantitative estimate of drug-likeness (QED) is 0.374. The highest BCUT2D eigenvalue weighted by molar-refractivity contribution is 5.76. The summed E-state index contributed by atoms with van der Waals surface area (Å²) >= 11 is 0. The number of unbranched alkanes of at least 4 members (excludes halogenated alkanes) is 1. The minimum absolute atomic E-state index is 0.0731. The summed E-state index contributed by atoms with van der Waals surface area (Å²) in [6.45, 7) is 2.57. The van der Waals surface area contributed by atoms with E-state index in [0.717, 1.165) is 30.0 Å². The van der Waals surface area contributed by atoms with E-state index in [9.17, 15) is 14.3 Å². The molecule has 2 aromatic rings. The molecule has 3 rings (SSSR count). The largest absolute Gasteiger partial charge is 0.497 e. The number of β-amino-alcohol motifs (C(OH)–C–C–N with tert-alkyl or cyclic N) is 1. The Morgan fingerprint density at radius 2 is 1.71 bits per heavy atom. The Labute approximate surface area is 207 Å². The Balaban J connectivity index is 1.50. The smallest absolute Gasteiger partial charge is 0.223 e. The molecule has 2 aromatic carbocycles. The number of likely N-dealkylation sites (tertiary alicyclic amines) is 1. The standard InChI is InChI=1S/C27H37FN2O5/c1-33-24-8-10-26(11-9-24)35-17-13-27(32)29-22(19-30-15-12-23(31)20-30)18-21-4-6-25(7-5-21)34-16-3-2-14-28/h4-11,22-23,31H,2-3,12-20H2,1H3,(H,29,32)/t22-,23+/m0/s1. The van der Waals surface area contributed by atoms with E-state index in [-0.39, 0.29) is 37.8 Å². The maximum Gasteiger partial charge on any atom is 0.223 e. The minimum Gasteiger partial charge on any atom is -0.497 e. The zero-order chi connectivity index (χ0) is 24.9. The average Bonchev–Trinajstić information content (AvgIpc) is 3.27. The number of rotatable bonds is 15. The van der Waals surface area contributed by atoms with Crippen molar-refractivity contribution in [3.63, 3.8) is 0 Å². The Morgan fingerprint density at radius 1 is 1.06 bits per heavy atom. The first-order valence-electron chi connectivity index (χ1n) is 12.3. The molecule has 1 heterocycles. The van der Waals surface area contributed by atoms with Crippen LogP contribution in [0, 0.1) is 0 Å². The van der Waals surface area contributed by atoms with Gasteiger partial charge in [0.15, 0.2) is 0 Å². The maximum atomic E-state index is 12.7. The number of amides is 1. The second-order valence-corrected chi connectivity index (χ2v) is 8.83. The Bertz CT molecular complexity index is 878. The Morgan fingerprint density at radius 3 is 2.34 bits per heavy atom. The molecule has 0 aliphatic carbocycles. The fraction of sp³-hybridized carbons (Fsp3) is 0.519. The number of nitrogens with one attached hydrogen (secondary N) is 1. The highest BCUT2D eigenvalue weighted by atomic mass is 19.1. The first-order chi connectivity index (χ1) is 17.1. The second-order valence-electron chi connectivity index (χ2n) is 8.83. The van der Waals surface area contributed by atoms with Crippen molar-refractivity contribution >= 4 is 5.91 Å². The highest BCUT2D eigenvalue weighted by Crippen LogP contribution is 2.18. The number of hydrogen-bond donors (Lipinski definition) is 2.